The van der Waals surface area contributed by atoms with E-state index in [1.54, 1.807) is 22.4 Å². The molecular formula is C29H36N4O4. The molecule has 8 heteroatoms. The van der Waals surface area contributed by atoms with Crippen LogP contribution in [0.5, 0.6) is 5.75 Å². The molecule has 0 radical (unpaired) electrons. The Hall–Kier alpha value is -3.65. The molecule has 3 aromatic rings. The van der Waals surface area contributed by atoms with Gasteiger partial charge >= 0.3 is 0 Å². The molecule has 2 aromatic heterocycles. The van der Waals surface area contributed by atoms with Gasteiger partial charge in [-0.15, -0.1) is 0 Å². The van der Waals surface area contributed by atoms with Gasteiger partial charge in [-0.3, -0.25) is 14.0 Å². The minimum Gasteiger partial charge on any atom is -0.505 e. The third-order valence-electron chi connectivity index (χ3n) is 6.66. The number of fused-ring (bicyclic) bond motifs is 1. The Balaban J connectivity index is 1.80. The average Bonchev–Trinajstić information content (AvgIpc) is 3.34. The van der Waals surface area contributed by atoms with Crippen molar-refractivity contribution in [2.45, 2.75) is 45.6 Å². The lowest BCUT2D eigenvalue weighted by Gasteiger charge is -2.26. The van der Waals surface area contributed by atoms with E-state index in [4.69, 9.17) is 4.74 Å². The lowest BCUT2D eigenvalue weighted by atomic mass is 9.96. The first-order valence-corrected chi connectivity index (χ1v) is 12.9. The monoisotopic (exact) mass is 504 g/mol. The number of aliphatic hydroxyl groups excluding tert-OH is 1. The van der Waals surface area contributed by atoms with E-state index in [-0.39, 0.29) is 11.3 Å². The molecule has 37 heavy (non-hydrogen) atoms. The summed E-state index contributed by atoms with van der Waals surface area (Å²) >= 11 is 0. The molecule has 1 aromatic carbocycles. The quantitative estimate of drug-likeness (QED) is 0.178. The van der Waals surface area contributed by atoms with Crippen LogP contribution in [0.1, 0.15) is 55.6 Å². The number of carbonyl (C=O) groups is 2. The topological polar surface area (TPSA) is 87.4 Å². The minimum atomic E-state index is -0.727. The molecule has 0 spiro atoms. The number of aromatic nitrogens is 2. The molecule has 0 aliphatic carbocycles. The Morgan fingerprint density at radius 2 is 1.92 bits per heavy atom. The number of benzene rings is 1. The fraction of sp³-hybridized carbons (Fsp3) is 0.414. The number of unbranched alkanes of at least 4 members (excludes halogenated alkanes) is 2. The number of hydrogen-bond donors (Lipinski definition) is 1. The number of amides is 1. The van der Waals surface area contributed by atoms with Crippen molar-refractivity contribution in [3.05, 3.63) is 71.2 Å². The standard InChI is InChI=1S/C29H36N4O4/c1-5-6-9-18-37-22-13-10-12-21(19-22)26-24(28(35)29(36)33(26)17-11-15-31(3)4)27(34)25-20(2)30-23-14-7-8-16-32(23)25/h7-8,10,12-14,16,19,26,34H,5-6,9,11,15,17-18H2,1-4H3/b27-24+. The van der Waals surface area contributed by atoms with Crippen LogP contribution in [0.2, 0.25) is 0 Å². The van der Waals surface area contributed by atoms with E-state index in [0.717, 1.165) is 31.4 Å². The Morgan fingerprint density at radius 3 is 2.68 bits per heavy atom. The molecule has 0 saturated carbocycles. The summed E-state index contributed by atoms with van der Waals surface area (Å²) < 4.78 is 7.71. The molecule has 1 saturated heterocycles. The van der Waals surface area contributed by atoms with Gasteiger partial charge in [0.2, 0.25) is 0 Å². The molecule has 8 nitrogen and oxygen atoms in total. The van der Waals surface area contributed by atoms with Crippen molar-refractivity contribution in [3.63, 3.8) is 0 Å². The van der Waals surface area contributed by atoms with E-state index in [1.807, 2.05) is 61.5 Å². The van der Waals surface area contributed by atoms with Crippen LogP contribution in [0.25, 0.3) is 11.4 Å². The largest absolute Gasteiger partial charge is 0.505 e. The summed E-state index contributed by atoms with van der Waals surface area (Å²) in [6.45, 7) is 5.68. The number of imidazole rings is 1. The molecule has 3 heterocycles. The first kappa shape index (κ1) is 26.4. The van der Waals surface area contributed by atoms with E-state index in [9.17, 15) is 14.7 Å². The molecule has 4 rings (SSSR count). The van der Waals surface area contributed by atoms with Crippen molar-refractivity contribution in [3.8, 4) is 5.75 Å². The number of carbonyl (C=O) groups excluding carboxylic acids is 2. The Kier molecular flexibility index (Phi) is 8.28. The molecule has 1 N–H and O–H groups in total. The first-order valence-electron chi connectivity index (χ1n) is 12.9. The van der Waals surface area contributed by atoms with Gasteiger partial charge in [0.15, 0.2) is 5.76 Å². The smallest absolute Gasteiger partial charge is 0.295 e. The van der Waals surface area contributed by atoms with E-state index < -0.39 is 17.7 Å². The Labute approximate surface area is 218 Å². The predicted molar refractivity (Wildman–Crippen MR) is 144 cm³/mol. The number of ketones is 1. The van der Waals surface area contributed by atoms with Gasteiger partial charge in [-0.05, 0) is 70.2 Å². The van der Waals surface area contributed by atoms with Crippen LogP contribution >= 0.6 is 0 Å². The van der Waals surface area contributed by atoms with E-state index in [2.05, 4.69) is 11.9 Å². The summed E-state index contributed by atoms with van der Waals surface area (Å²) in [6, 6.07) is 12.3. The van der Waals surface area contributed by atoms with Crippen LogP contribution < -0.4 is 4.74 Å². The van der Waals surface area contributed by atoms with Gasteiger partial charge in [0, 0.05) is 12.7 Å². The summed E-state index contributed by atoms with van der Waals surface area (Å²) in [7, 11) is 3.94. The highest BCUT2D eigenvalue weighted by atomic mass is 16.5. The van der Waals surface area contributed by atoms with Crippen molar-refractivity contribution in [2.24, 2.45) is 0 Å². The predicted octanol–water partition coefficient (Wildman–Crippen LogP) is 4.59. The minimum absolute atomic E-state index is 0.0757. The summed E-state index contributed by atoms with van der Waals surface area (Å²) in [5.74, 6) is -0.833. The summed E-state index contributed by atoms with van der Waals surface area (Å²) in [4.78, 5) is 34.9. The van der Waals surface area contributed by atoms with Crippen LogP contribution in [-0.2, 0) is 9.59 Å². The third kappa shape index (κ3) is 5.54. The number of Topliss-reactive ketones (excluding diaryl/α,β-unsaturated/α-hetero) is 1. The normalized spacial score (nSPS) is 17.3. The number of likely N-dealkylation sites (tertiary alicyclic amines) is 1. The van der Waals surface area contributed by atoms with Crippen LogP contribution in [0.3, 0.4) is 0 Å². The fourth-order valence-corrected chi connectivity index (χ4v) is 4.86. The number of aliphatic hydroxyl groups is 1. The van der Waals surface area contributed by atoms with Crippen molar-refractivity contribution in [1.82, 2.24) is 19.2 Å². The van der Waals surface area contributed by atoms with E-state index >= 15 is 0 Å². The number of nitrogens with zero attached hydrogens (tertiary/aromatic N) is 4. The fourth-order valence-electron chi connectivity index (χ4n) is 4.86. The molecule has 1 fully saturated rings. The van der Waals surface area contributed by atoms with Crippen molar-refractivity contribution >= 4 is 23.1 Å². The second kappa shape index (κ2) is 11.6. The zero-order chi connectivity index (χ0) is 26.5. The summed E-state index contributed by atoms with van der Waals surface area (Å²) in [5, 5.41) is 11.6. The average molecular weight is 505 g/mol. The number of ether oxygens (including phenoxy) is 1. The molecule has 1 aliphatic heterocycles. The van der Waals surface area contributed by atoms with Gasteiger partial charge in [-0.1, -0.05) is 38.0 Å². The SMILES string of the molecule is CCCCCOc1cccc(C2/C(=C(\O)c3c(C)nc4ccccn34)C(=O)C(=O)N2CCCN(C)C)c1. The number of hydrogen-bond acceptors (Lipinski definition) is 6. The maximum atomic E-state index is 13.4. The molecule has 196 valence electrons. The van der Waals surface area contributed by atoms with Crippen LogP contribution in [-0.4, -0.2) is 69.8 Å². The lowest BCUT2D eigenvalue weighted by Crippen LogP contribution is -2.32. The maximum Gasteiger partial charge on any atom is 0.295 e. The maximum absolute atomic E-state index is 13.4. The molecule has 1 unspecified atom stereocenters. The van der Waals surface area contributed by atoms with Crippen LogP contribution in [0.15, 0.2) is 54.2 Å². The molecule has 0 bridgehead atoms. The van der Waals surface area contributed by atoms with Gasteiger partial charge in [0.25, 0.3) is 11.7 Å². The second-order valence-corrected chi connectivity index (χ2v) is 9.75. The van der Waals surface area contributed by atoms with Gasteiger partial charge in [0.1, 0.15) is 17.1 Å². The van der Waals surface area contributed by atoms with Gasteiger partial charge in [-0.25, -0.2) is 4.98 Å². The number of aryl methyl sites for hydroxylation is 1. The highest BCUT2D eigenvalue weighted by Gasteiger charge is 2.46. The third-order valence-corrected chi connectivity index (χ3v) is 6.66. The highest BCUT2D eigenvalue weighted by Crippen LogP contribution is 2.40. The van der Waals surface area contributed by atoms with E-state index in [1.165, 1.54) is 0 Å². The van der Waals surface area contributed by atoms with Crippen LogP contribution in [0, 0.1) is 6.92 Å². The number of pyridine rings is 1. The number of rotatable bonds is 11. The summed E-state index contributed by atoms with van der Waals surface area (Å²) in [5.41, 5.74) is 2.45. The highest BCUT2D eigenvalue weighted by molar-refractivity contribution is 6.46. The zero-order valence-corrected chi connectivity index (χ0v) is 22.1. The Bertz CT molecular complexity index is 1310. The Morgan fingerprint density at radius 1 is 1.11 bits per heavy atom. The van der Waals surface area contributed by atoms with Crippen molar-refractivity contribution in [1.29, 1.82) is 0 Å². The van der Waals surface area contributed by atoms with Gasteiger partial charge in [-0.2, -0.15) is 0 Å². The molecule has 1 aliphatic rings. The molecule has 1 amide bonds. The van der Waals surface area contributed by atoms with Crippen molar-refractivity contribution in [2.75, 3.05) is 33.8 Å². The van der Waals surface area contributed by atoms with Gasteiger partial charge in [0.05, 0.1) is 23.9 Å². The van der Waals surface area contributed by atoms with E-state index in [0.29, 0.717) is 42.4 Å². The van der Waals surface area contributed by atoms with Gasteiger partial charge < -0.3 is 19.6 Å². The molecule has 1 atom stereocenters. The lowest BCUT2D eigenvalue weighted by molar-refractivity contribution is -0.139. The van der Waals surface area contributed by atoms with Crippen LogP contribution in [0.4, 0.5) is 0 Å². The first-order chi connectivity index (χ1) is 17.8. The zero-order valence-electron chi connectivity index (χ0n) is 22.1. The molecular weight excluding hydrogens is 468 g/mol. The second-order valence-electron chi connectivity index (χ2n) is 9.75. The van der Waals surface area contributed by atoms with Crippen molar-refractivity contribution < 1.29 is 19.4 Å². The summed E-state index contributed by atoms with van der Waals surface area (Å²) in [6.07, 6.45) is 5.63.